The Morgan fingerprint density at radius 2 is 2.00 bits per heavy atom. The molecule has 0 spiro atoms. The van der Waals surface area contributed by atoms with Crippen molar-refractivity contribution in [2.45, 2.75) is 11.8 Å². The highest BCUT2D eigenvalue weighted by Crippen LogP contribution is 2.16. The number of hydrogen-bond donors (Lipinski definition) is 2. The van der Waals surface area contributed by atoms with E-state index in [4.69, 9.17) is 5.11 Å². The smallest absolute Gasteiger partial charge is 0.335 e. The molecule has 0 aliphatic carbocycles. The number of nitrogens with zero attached hydrogens (tertiary/aromatic N) is 1. The Hall–Kier alpha value is -2.41. The third kappa shape index (κ3) is 3.12. The first-order valence-corrected chi connectivity index (χ1v) is 7.16. The topological polar surface area (TPSA) is 96.4 Å². The summed E-state index contributed by atoms with van der Waals surface area (Å²) in [6, 6.07) is 8.83. The van der Waals surface area contributed by atoms with Crippen molar-refractivity contribution in [2.24, 2.45) is 0 Å². The summed E-state index contributed by atoms with van der Waals surface area (Å²) in [4.78, 5) is 14.7. The van der Waals surface area contributed by atoms with Crippen molar-refractivity contribution in [1.29, 1.82) is 0 Å². The van der Waals surface area contributed by atoms with Crippen LogP contribution >= 0.6 is 0 Å². The zero-order valence-electron chi connectivity index (χ0n) is 10.6. The highest BCUT2D eigenvalue weighted by atomic mass is 32.2. The van der Waals surface area contributed by atoms with Crippen LogP contribution in [-0.2, 0) is 10.0 Å². The molecule has 0 radical (unpaired) electrons. The van der Waals surface area contributed by atoms with Gasteiger partial charge in [0.2, 0.25) is 0 Å². The Labute approximate surface area is 116 Å². The van der Waals surface area contributed by atoms with Crippen LogP contribution in [0.25, 0.3) is 0 Å². The van der Waals surface area contributed by atoms with Gasteiger partial charge in [0.1, 0.15) is 5.82 Å². The number of rotatable bonds is 4. The number of aryl methyl sites for hydroxylation is 1. The molecular weight excluding hydrogens is 280 g/mol. The van der Waals surface area contributed by atoms with Gasteiger partial charge in [0, 0.05) is 6.20 Å². The van der Waals surface area contributed by atoms with E-state index in [1.807, 2.05) is 0 Å². The van der Waals surface area contributed by atoms with Gasteiger partial charge in [0.05, 0.1) is 10.5 Å². The molecule has 1 aromatic carbocycles. The van der Waals surface area contributed by atoms with Crippen molar-refractivity contribution < 1.29 is 18.3 Å². The van der Waals surface area contributed by atoms with Crippen molar-refractivity contribution >= 4 is 21.8 Å². The van der Waals surface area contributed by atoms with Crippen LogP contribution in [0.5, 0.6) is 0 Å². The number of aromatic carboxylic acids is 1. The third-order valence-corrected chi connectivity index (χ3v) is 3.90. The van der Waals surface area contributed by atoms with E-state index in [0.29, 0.717) is 0 Å². The molecule has 0 saturated heterocycles. The molecule has 0 amide bonds. The third-order valence-electron chi connectivity index (χ3n) is 2.55. The molecule has 1 heterocycles. The first kappa shape index (κ1) is 14.0. The second-order valence-electron chi connectivity index (χ2n) is 4.16. The molecule has 0 fully saturated rings. The van der Waals surface area contributed by atoms with Crippen LogP contribution in [0.4, 0.5) is 5.82 Å². The molecule has 0 saturated carbocycles. The summed E-state index contributed by atoms with van der Waals surface area (Å²) in [5.41, 5.74) is 0.766. The second-order valence-corrected chi connectivity index (χ2v) is 5.84. The maximum absolute atomic E-state index is 12.1. The van der Waals surface area contributed by atoms with E-state index in [-0.39, 0.29) is 16.3 Å². The average Bonchev–Trinajstić information content (AvgIpc) is 2.38. The Kier molecular flexibility index (Phi) is 3.71. The van der Waals surface area contributed by atoms with E-state index < -0.39 is 16.0 Å². The van der Waals surface area contributed by atoms with Gasteiger partial charge >= 0.3 is 5.97 Å². The summed E-state index contributed by atoms with van der Waals surface area (Å²) in [5, 5.41) is 8.86. The molecule has 2 aromatic rings. The zero-order valence-corrected chi connectivity index (χ0v) is 11.4. The van der Waals surface area contributed by atoms with Gasteiger partial charge in [-0.1, -0.05) is 12.1 Å². The number of carboxylic acids is 1. The number of anilines is 1. The van der Waals surface area contributed by atoms with Crippen molar-refractivity contribution in [3.8, 4) is 0 Å². The fourth-order valence-corrected chi connectivity index (χ4v) is 2.70. The van der Waals surface area contributed by atoms with Crippen LogP contribution in [0.15, 0.2) is 47.5 Å². The largest absolute Gasteiger partial charge is 0.478 e. The van der Waals surface area contributed by atoms with E-state index >= 15 is 0 Å². The molecular formula is C13H12N2O4S. The summed E-state index contributed by atoms with van der Waals surface area (Å²) in [7, 11) is -3.78. The lowest BCUT2D eigenvalue weighted by molar-refractivity contribution is 0.0697. The van der Waals surface area contributed by atoms with Gasteiger partial charge in [-0.15, -0.1) is 0 Å². The van der Waals surface area contributed by atoms with Gasteiger partial charge in [-0.3, -0.25) is 4.72 Å². The number of carboxylic acid groups (broad SMARTS) is 1. The van der Waals surface area contributed by atoms with E-state index in [0.717, 1.165) is 11.6 Å². The SMILES string of the molecule is Cc1cccc(S(=O)(=O)Nc2cc(C(=O)O)ccn2)c1. The number of sulfonamides is 1. The van der Waals surface area contributed by atoms with Crippen LogP contribution in [0, 0.1) is 6.92 Å². The highest BCUT2D eigenvalue weighted by Gasteiger charge is 2.15. The Morgan fingerprint density at radius 3 is 2.65 bits per heavy atom. The predicted octanol–water partition coefficient (Wildman–Crippen LogP) is 1.89. The Balaban J connectivity index is 2.33. The maximum atomic E-state index is 12.1. The lowest BCUT2D eigenvalue weighted by atomic mass is 10.2. The van der Waals surface area contributed by atoms with Gasteiger partial charge in [-0.2, -0.15) is 0 Å². The summed E-state index contributed by atoms with van der Waals surface area (Å²) in [6.07, 6.45) is 1.23. The molecule has 0 aliphatic heterocycles. The molecule has 6 nitrogen and oxygen atoms in total. The fourth-order valence-electron chi connectivity index (χ4n) is 1.60. The monoisotopic (exact) mass is 292 g/mol. The molecule has 2 N–H and O–H groups in total. The maximum Gasteiger partial charge on any atom is 0.335 e. The Bertz CT molecular complexity index is 756. The van der Waals surface area contributed by atoms with Gasteiger partial charge in [0.15, 0.2) is 0 Å². The van der Waals surface area contributed by atoms with Gasteiger partial charge < -0.3 is 5.11 Å². The fraction of sp³-hybridized carbons (Fsp3) is 0.0769. The molecule has 104 valence electrons. The molecule has 0 aliphatic rings. The summed E-state index contributed by atoms with van der Waals surface area (Å²) in [5.74, 6) is -1.19. The summed E-state index contributed by atoms with van der Waals surface area (Å²) >= 11 is 0. The lowest BCUT2D eigenvalue weighted by Crippen LogP contribution is -2.14. The van der Waals surface area contributed by atoms with Crippen molar-refractivity contribution in [1.82, 2.24) is 4.98 Å². The highest BCUT2D eigenvalue weighted by molar-refractivity contribution is 7.92. The minimum atomic E-state index is -3.78. The van der Waals surface area contributed by atoms with Crippen LogP contribution in [0.3, 0.4) is 0 Å². The Morgan fingerprint density at radius 1 is 1.25 bits per heavy atom. The van der Waals surface area contributed by atoms with Gasteiger partial charge in [-0.05, 0) is 36.8 Å². The molecule has 1 aromatic heterocycles. The normalized spacial score (nSPS) is 11.1. The standard InChI is InChI=1S/C13H12N2O4S/c1-9-3-2-4-11(7-9)20(18,19)15-12-8-10(13(16)17)5-6-14-12/h2-8H,1H3,(H,14,15)(H,16,17). The van der Waals surface area contributed by atoms with Crippen molar-refractivity contribution in [2.75, 3.05) is 4.72 Å². The molecule has 0 atom stereocenters. The zero-order chi connectivity index (χ0) is 14.8. The van der Waals surface area contributed by atoms with Crippen LogP contribution in [-0.4, -0.2) is 24.5 Å². The van der Waals surface area contributed by atoms with Gasteiger partial charge in [0.25, 0.3) is 10.0 Å². The van der Waals surface area contributed by atoms with Crippen LogP contribution in [0.1, 0.15) is 15.9 Å². The number of aromatic nitrogens is 1. The van der Waals surface area contributed by atoms with Crippen LogP contribution < -0.4 is 4.72 Å². The van der Waals surface area contributed by atoms with E-state index in [1.165, 1.54) is 24.4 Å². The van der Waals surface area contributed by atoms with Gasteiger partial charge in [-0.25, -0.2) is 18.2 Å². The van der Waals surface area contributed by atoms with E-state index in [9.17, 15) is 13.2 Å². The predicted molar refractivity (Wildman–Crippen MR) is 73.2 cm³/mol. The number of nitrogens with one attached hydrogen (secondary N) is 1. The first-order chi connectivity index (χ1) is 9.38. The quantitative estimate of drug-likeness (QED) is 0.897. The molecule has 20 heavy (non-hydrogen) atoms. The second kappa shape index (κ2) is 5.30. The minimum Gasteiger partial charge on any atom is -0.478 e. The molecule has 7 heteroatoms. The number of hydrogen-bond acceptors (Lipinski definition) is 4. The van der Waals surface area contributed by atoms with E-state index in [2.05, 4.69) is 9.71 Å². The number of carbonyl (C=O) groups is 1. The van der Waals surface area contributed by atoms with Crippen LogP contribution in [0.2, 0.25) is 0 Å². The van der Waals surface area contributed by atoms with Crippen molar-refractivity contribution in [3.05, 3.63) is 53.7 Å². The number of benzene rings is 1. The van der Waals surface area contributed by atoms with E-state index in [1.54, 1.807) is 19.1 Å². The molecule has 0 bridgehead atoms. The molecule has 0 unspecified atom stereocenters. The summed E-state index contributed by atoms with van der Waals surface area (Å²) < 4.78 is 26.5. The molecule has 2 rings (SSSR count). The first-order valence-electron chi connectivity index (χ1n) is 5.67. The average molecular weight is 292 g/mol. The lowest BCUT2D eigenvalue weighted by Gasteiger charge is -2.08. The summed E-state index contributed by atoms with van der Waals surface area (Å²) in [6.45, 7) is 1.78. The van der Waals surface area contributed by atoms with Crippen molar-refractivity contribution in [3.63, 3.8) is 0 Å². The minimum absolute atomic E-state index is 0.0357. The number of pyridine rings is 1.